The van der Waals surface area contributed by atoms with E-state index in [1.807, 2.05) is 30.3 Å². The van der Waals surface area contributed by atoms with E-state index in [4.69, 9.17) is 0 Å². The zero-order valence-corrected chi connectivity index (χ0v) is 10.2. The Morgan fingerprint density at radius 3 is 2.53 bits per heavy atom. The number of nitrogens with zero attached hydrogens (tertiary/aromatic N) is 1. The van der Waals surface area contributed by atoms with Gasteiger partial charge in [0.25, 0.3) is 0 Å². The molecule has 0 bridgehead atoms. The smallest absolute Gasteiger partial charge is 0.376 e. The molecule has 1 aromatic carbocycles. The van der Waals surface area contributed by atoms with Gasteiger partial charge in [-0.1, -0.05) is 30.3 Å². The summed E-state index contributed by atoms with van der Waals surface area (Å²) in [5.74, 6) is -0.675. The molecule has 5 nitrogen and oxygen atoms in total. The third-order valence-electron chi connectivity index (χ3n) is 3.66. The van der Waals surface area contributed by atoms with Crippen molar-refractivity contribution in [3.05, 3.63) is 35.9 Å². The third kappa shape index (κ3) is 2.01. The SMILES string of the molecule is O=C1C[C@H]2C(=O)CC[C@H](c3ccccc3)N2C(=O)O1. The Balaban J connectivity index is 1.96. The topological polar surface area (TPSA) is 63.7 Å². The summed E-state index contributed by atoms with van der Waals surface area (Å²) in [5, 5.41) is 0. The van der Waals surface area contributed by atoms with E-state index in [1.165, 1.54) is 4.90 Å². The number of esters is 1. The summed E-state index contributed by atoms with van der Waals surface area (Å²) in [6.07, 6.45) is 0.223. The summed E-state index contributed by atoms with van der Waals surface area (Å²) in [5.41, 5.74) is 0.964. The number of piperidine rings is 1. The van der Waals surface area contributed by atoms with Gasteiger partial charge in [-0.3, -0.25) is 14.5 Å². The number of amides is 1. The minimum Gasteiger partial charge on any atom is -0.376 e. The van der Waals surface area contributed by atoms with E-state index in [0.717, 1.165) is 5.56 Å². The second-order valence-corrected chi connectivity index (χ2v) is 4.80. The maximum Gasteiger partial charge on any atom is 0.418 e. The zero-order valence-electron chi connectivity index (χ0n) is 10.2. The van der Waals surface area contributed by atoms with Gasteiger partial charge in [0.1, 0.15) is 6.04 Å². The lowest BCUT2D eigenvalue weighted by molar-refractivity contribution is -0.151. The number of carbonyl (C=O) groups is 3. The van der Waals surface area contributed by atoms with Crippen LogP contribution in [0, 0.1) is 0 Å². The van der Waals surface area contributed by atoms with Crippen LogP contribution >= 0.6 is 0 Å². The van der Waals surface area contributed by atoms with Crippen molar-refractivity contribution >= 4 is 17.8 Å². The first-order valence-corrected chi connectivity index (χ1v) is 6.27. The fraction of sp³-hybridized carbons (Fsp3) is 0.357. The number of ketones is 1. The molecule has 0 radical (unpaired) electrons. The van der Waals surface area contributed by atoms with Crippen LogP contribution in [-0.2, 0) is 14.3 Å². The molecule has 5 heteroatoms. The highest BCUT2D eigenvalue weighted by Crippen LogP contribution is 2.36. The molecule has 2 aliphatic heterocycles. The fourth-order valence-corrected chi connectivity index (χ4v) is 2.78. The molecule has 2 fully saturated rings. The zero-order chi connectivity index (χ0) is 13.4. The Labute approximate surface area is 110 Å². The molecule has 3 rings (SSSR count). The minimum atomic E-state index is -0.705. The fourth-order valence-electron chi connectivity index (χ4n) is 2.78. The molecule has 0 aliphatic carbocycles. The lowest BCUT2D eigenvalue weighted by Gasteiger charge is -2.42. The van der Waals surface area contributed by atoms with Gasteiger partial charge in [0.05, 0.1) is 12.5 Å². The highest BCUT2D eigenvalue weighted by Gasteiger charge is 2.45. The Morgan fingerprint density at radius 2 is 1.79 bits per heavy atom. The maximum absolute atomic E-state index is 11.9. The summed E-state index contributed by atoms with van der Waals surface area (Å²) < 4.78 is 4.65. The molecular weight excluding hydrogens is 246 g/mol. The number of ether oxygens (including phenoxy) is 1. The lowest BCUT2D eigenvalue weighted by Crippen LogP contribution is -2.55. The monoisotopic (exact) mass is 259 g/mol. The number of hydrogen-bond acceptors (Lipinski definition) is 4. The Morgan fingerprint density at radius 1 is 1.05 bits per heavy atom. The van der Waals surface area contributed by atoms with Crippen molar-refractivity contribution in [3.8, 4) is 0 Å². The quantitative estimate of drug-likeness (QED) is 0.570. The van der Waals surface area contributed by atoms with Crippen LogP contribution in [0.15, 0.2) is 30.3 Å². The van der Waals surface area contributed by atoms with Gasteiger partial charge in [-0.2, -0.15) is 0 Å². The predicted molar refractivity (Wildman–Crippen MR) is 65.2 cm³/mol. The average molecular weight is 259 g/mol. The van der Waals surface area contributed by atoms with E-state index in [0.29, 0.717) is 12.8 Å². The Kier molecular flexibility index (Phi) is 2.81. The van der Waals surface area contributed by atoms with Crippen LogP contribution in [0.4, 0.5) is 4.79 Å². The van der Waals surface area contributed by atoms with Crippen molar-refractivity contribution in [3.63, 3.8) is 0 Å². The van der Waals surface area contributed by atoms with Crippen molar-refractivity contribution in [2.24, 2.45) is 0 Å². The molecule has 0 unspecified atom stereocenters. The van der Waals surface area contributed by atoms with E-state index < -0.39 is 18.1 Å². The molecular formula is C14H13NO4. The summed E-state index contributed by atoms with van der Waals surface area (Å²) in [7, 11) is 0. The Bertz CT molecular complexity index is 540. The van der Waals surface area contributed by atoms with E-state index in [9.17, 15) is 14.4 Å². The maximum atomic E-state index is 11.9. The average Bonchev–Trinajstić information content (AvgIpc) is 2.41. The van der Waals surface area contributed by atoms with Crippen molar-refractivity contribution < 1.29 is 19.1 Å². The van der Waals surface area contributed by atoms with Crippen LogP contribution in [0.3, 0.4) is 0 Å². The van der Waals surface area contributed by atoms with Gasteiger partial charge in [0, 0.05) is 6.42 Å². The largest absolute Gasteiger partial charge is 0.418 e. The first-order chi connectivity index (χ1) is 9.16. The molecule has 0 saturated carbocycles. The molecule has 2 atom stereocenters. The molecule has 1 amide bonds. The summed E-state index contributed by atoms with van der Waals surface area (Å²) in [4.78, 5) is 36.5. The highest BCUT2D eigenvalue weighted by atomic mass is 16.6. The van der Waals surface area contributed by atoms with Gasteiger partial charge >= 0.3 is 12.1 Å². The second-order valence-electron chi connectivity index (χ2n) is 4.80. The predicted octanol–water partition coefficient (Wildman–Crippen LogP) is 1.83. The summed E-state index contributed by atoms with van der Waals surface area (Å²) in [6, 6.07) is 8.66. The van der Waals surface area contributed by atoms with Gasteiger partial charge in [-0.25, -0.2) is 4.79 Å². The number of carbonyl (C=O) groups excluding carboxylic acids is 3. The van der Waals surface area contributed by atoms with Crippen LogP contribution < -0.4 is 0 Å². The molecule has 2 aliphatic rings. The van der Waals surface area contributed by atoms with Crippen molar-refractivity contribution in [2.75, 3.05) is 0 Å². The normalized spacial score (nSPS) is 26.9. The molecule has 2 heterocycles. The summed E-state index contributed by atoms with van der Waals surface area (Å²) >= 11 is 0. The van der Waals surface area contributed by atoms with Gasteiger partial charge in [-0.05, 0) is 12.0 Å². The van der Waals surface area contributed by atoms with Crippen LogP contribution in [0.25, 0.3) is 0 Å². The number of fused-ring (bicyclic) bond motifs is 1. The van der Waals surface area contributed by atoms with Crippen LogP contribution in [0.5, 0.6) is 0 Å². The van der Waals surface area contributed by atoms with Gasteiger partial charge in [-0.15, -0.1) is 0 Å². The van der Waals surface area contributed by atoms with E-state index in [2.05, 4.69) is 4.74 Å². The van der Waals surface area contributed by atoms with E-state index >= 15 is 0 Å². The molecule has 0 aromatic heterocycles. The minimum absolute atomic E-state index is 0.0338. The van der Waals surface area contributed by atoms with Crippen molar-refractivity contribution in [1.29, 1.82) is 0 Å². The van der Waals surface area contributed by atoms with Crippen molar-refractivity contribution in [2.45, 2.75) is 31.3 Å². The molecule has 1 aromatic rings. The molecule has 98 valence electrons. The van der Waals surface area contributed by atoms with Crippen LogP contribution in [-0.4, -0.2) is 28.8 Å². The number of benzene rings is 1. The third-order valence-corrected chi connectivity index (χ3v) is 3.66. The molecule has 0 N–H and O–H groups in total. The van der Waals surface area contributed by atoms with Crippen LogP contribution in [0.1, 0.15) is 30.9 Å². The van der Waals surface area contributed by atoms with Crippen LogP contribution in [0.2, 0.25) is 0 Å². The number of hydrogen-bond donors (Lipinski definition) is 0. The Hall–Kier alpha value is -2.17. The summed E-state index contributed by atoms with van der Waals surface area (Å²) in [6.45, 7) is 0. The van der Waals surface area contributed by atoms with E-state index in [1.54, 1.807) is 0 Å². The number of Topliss-reactive ketones (excluding diaryl/α,β-unsaturated/α-hetero) is 1. The molecule has 2 saturated heterocycles. The first-order valence-electron chi connectivity index (χ1n) is 6.27. The number of rotatable bonds is 1. The van der Waals surface area contributed by atoms with Gasteiger partial charge in [0.15, 0.2) is 5.78 Å². The number of cyclic esters (lactones) is 2. The highest BCUT2D eigenvalue weighted by molar-refractivity contribution is 5.98. The standard InChI is InChI=1S/C14H13NO4/c16-12-7-6-10(9-4-2-1-3-5-9)15-11(12)8-13(17)19-14(15)18/h1-5,10-11H,6-8H2/t10-,11+/m1/s1. The first kappa shape index (κ1) is 11.9. The molecule has 19 heavy (non-hydrogen) atoms. The van der Waals surface area contributed by atoms with Gasteiger partial charge < -0.3 is 4.74 Å². The van der Waals surface area contributed by atoms with E-state index in [-0.39, 0.29) is 18.2 Å². The van der Waals surface area contributed by atoms with Crippen molar-refractivity contribution in [1.82, 2.24) is 4.90 Å². The lowest BCUT2D eigenvalue weighted by atomic mass is 9.88. The second kappa shape index (κ2) is 4.50. The molecule has 0 spiro atoms. The van der Waals surface area contributed by atoms with Gasteiger partial charge in [0.2, 0.25) is 0 Å².